The number of phosphoric acid groups is 2. The van der Waals surface area contributed by atoms with Crippen molar-refractivity contribution >= 4 is 39.5 Å². The number of unbranched alkanes of at least 4 members (excludes halogenated alkanes) is 55. The lowest BCUT2D eigenvalue weighted by Crippen LogP contribution is -2.30. The van der Waals surface area contributed by atoms with Crippen LogP contribution in [-0.4, -0.2) is 96.7 Å². The largest absolute Gasteiger partial charge is 0.472 e. The summed E-state index contributed by atoms with van der Waals surface area (Å²) in [5.41, 5.74) is 0. The summed E-state index contributed by atoms with van der Waals surface area (Å²) in [6.07, 6.45) is 72.1. The van der Waals surface area contributed by atoms with Gasteiger partial charge in [-0.1, -0.05) is 420 Å². The van der Waals surface area contributed by atoms with E-state index in [1.54, 1.807) is 0 Å². The summed E-state index contributed by atoms with van der Waals surface area (Å²) >= 11 is 0. The van der Waals surface area contributed by atoms with Gasteiger partial charge in [-0.25, -0.2) is 9.13 Å². The van der Waals surface area contributed by atoms with Crippen molar-refractivity contribution in [3.63, 3.8) is 0 Å². The number of hydrogen-bond donors (Lipinski definition) is 3. The molecule has 0 fully saturated rings. The Morgan fingerprint density at radius 3 is 0.664 bits per heavy atom. The maximum Gasteiger partial charge on any atom is 0.472 e. The summed E-state index contributed by atoms with van der Waals surface area (Å²) in [7, 11) is -9.93. The summed E-state index contributed by atoms with van der Waals surface area (Å²) < 4.78 is 69.0. The quantitative estimate of drug-likeness (QED) is 0.0222. The van der Waals surface area contributed by atoms with Crippen molar-refractivity contribution in [1.29, 1.82) is 0 Å². The maximum absolute atomic E-state index is 13.2. The molecule has 0 aliphatic rings. The summed E-state index contributed by atoms with van der Waals surface area (Å²) in [5, 5.41) is 10.7. The van der Waals surface area contributed by atoms with Crippen LogP contribution in [0.25, 0.3) is 0 Å². The van der Waals surface area contributed by atoms with Gasteiger partial charge in [0.15, 0.2) is 12.2 Å². The first kappa shape index (κ1) is 105. The monoisotopic (exact) mass is 1560 g/mol. The minimum Gasteiger partial charge on any atom is -0.462 e. The highest BCUT2D eigenvalue weighted by Gasteiger charge is 2.31. The first-order chi connectivity index (χ1) is 51.9. The van der Waals surface area contributed by atoms with Gasteiger partial charge in [-0.05, 0) is 37.5 Å². The number of rotatable bonds is 87. The fourth-order valence-electron chi connectivity index (χ4n) is 13.7. The summed E-state index contributed by atoms with van der Waals surface area (Å²) in [6.45, 7) is 9.75. The van der Waals surface area contributed by atoms with Crippen LogP contribution in [0.5, 0.6) is 0 Å². The van der Waals surface area contributed by atoms with Crippen molar-refractivity contribution in [2.24, 2.45) is 11.8 Å². The lowest BCUT2D eigenvalue weighted by molar-refractivity contribution is -0.161. The van der Waals surface area contributed by atoms with Gasteiger partial charge in [0, 0.05) is 25.7 Å². The zero-order chi connectivity index (χ0) is 78.5. The lowest BCUT2D eigenvalue weighted by Gasteiger charge is -2.21. The van der Waals surface area contributed by atoms with Gasteiger partial charge in [0.05, 0.1) is 26.4 Å². The molecule has 0 rings (SSSR count). The number of hydrogen-bond acceptors (Lipinski definition) is 15. The molecule has 0 saturated heterocycles. The van der Waals surface area contributed by atoms with Crippen molar-refractivity contribution in [2.45, 2.75) is 490 Å². The minimum atomic E-state index is -4.97. The Bertz CT molecular complexity index is 2050. The molecule has 0 saturated carbocycles. The molecule has 107 heavy (non-hydrogen) atoms. The van der Waals surface area contributed by atoms with Gasteiger partial charge in [0.2, 0.25) is 0 Å². The van der Waals surface area contributed by atoms with Crippen molar-refractivity contribution < 1.29 is 80.2 Å². The van der Waals surface area contributed by atoms with E-state index in [4.69, 9.17) is 37.0 Å². The van der Waals surface area contributed by atoms with E-state index in [2.05, 4.69) is 41.5 Å². The van der Waals surface area contributed by atoms with E-state index in [1.165, 1.54) is 289 Å². The van der Waals surface area contributed by atoms with E-state index in [9.17, 15) is 43.2 Å². The van der Waals surface area contributed by atoms with Crippen LogP contribution < -0.4 is 0 Å². The van der Waals surface area contributed by atoms with E-state index in [1.807, 2.05) is 0 Å². The molecule has 0 amide bonds. The van der Waals surface area contributed by atoms with Crippen molar-refractivity contribution in [1.82, 2.24) is 0 Å². The number of aliphatic hydroxyl groups is 1. The van der Waals surface area contributed by atoms with Crippen LogP contribution in [0.2, 0.25) is 0 Å². The highest BCUT2D eigenvalue weighted by Crippen LogP contribution is 2.45. The van der Waals surface area contributed by atoms with Crippen molar-refractivity contribution in [2.75, 3.05) is 39.6 Å². The Balaban J connectivity index is 5.26. The highest BCUT2D eigenvalue weighted by molar-refractivity contribution is 7.47. The van der Waals surface area contributed by atoms with E-state index in [0.717, 1.165) is 102 Å². The molecule has 0 aromatic rings. The van der Waals surface area contributed by atoms with Gasteiger partial charge in [-0.2, -0.15) is 0 Å². The average molecular weight is 1560 g/mol. The van der Waals surface area contributed by atoms with Crippen LogP contribution >= 0.6 is 15.6 Å². The molecular weight excluding hydrogens is 1390 g/mol. The minimum absolute atomic E-state index is 0.108. The van der Waals surface area contributed by atoms with E-state index >= 15 is 0 Å². The van der Waals surface area contributed by atoms with Crippen molar-refractivity contribution in [3.05, 3.63) is 0 Å². The van der Waals surface area contributed by atoms with Gasteiger partial charge >= 0.3 is 39.5 Å². The Morgan fingerprint density at radius 1 is 0.262 bits per heavy atom. The Labute approximate surface area is 658 Å². The van der Waals surface area contributed by atoms with E-state index < -0.39 is 97.5 Å². The summed E-state index contributed by atoms with van der Waals surface area (Å²) in [5.74, 6) is -0.471. The Hall–Kier alpha value is -1.94. The van der Waals surface area contributed by atoms with Crippen LogP contribution in [0.3, 0.4) is 0 Å². The van der Waals surface area contributed by atoms with Gasteiger partial charge in [0.1, 0.15) is 19.3 Å². The third-order valence-corrected chi connectivity index (χ3v) is 23.3. The van der Waals surface area contributed by atoms with Gasteiger partial charge < -0.3 is 33.8 Å². The molecule has 0 radical (unpaired) electrons. The fraction of sp³-hybridized carbons (Fsp3) is 0.955. The number of carbonyl (C=O) groups is 4. The van der Waals surface area contributed by atoms with Crippen LogP contribution in [0.1, 0.15) is 472 Å². The number of esters is 4. The highest BCUT2D eigenvalue weighted by atomic mass is 31.2. The Morgan fingerprint density at radius 2 is 0.449 bits per heavy atom. The fourth-order valence-corrected chi connectivity index (χ4v) is 15.3. The van der Waals surface area contributed by atoms with E-state index in [-0.39, 0.29) is 25.7 Å². The molecule has 0 heterocycles. The van der Waals surface area contributed by atoms with E-state index in [0.29, 0.717) is 25.7 Å². The first-order valence-electron chi connectivity index (χ1n) is 45.6. The first-order valence-corrected chi connectivity index (χ1v) is 48.6. The van der Waals surface area contributed by atoms with Crippen LogP contribution in [-0.2, 0) is 65.4 Å². The second-order valence-corrected chi connectivity index (χ2v) is 35.0. The van der Waals surface area contributed by atoms with Crippen molar-refractivity contribution in [3.8, 4) is 0 Å². The molecule has 4 unspecified atom stereocenters. The Kier molecular flexibility index (Phi) is 77.9. The number of aliphatic hydroxyl groups excluding tert-OH is 1. The molecular formula is C88H172O17P2. The number of ether oxygens (including phenoxy) is 4. The predicted molar refractivity (Wildman–Crippen MR) is 442 cm³/mol. The number of phosphoric ester groups is 2. The summed E-state index contributed by atoms with van der Waals surface area (Å²) in [4.78, 5) is 73.3. The maximum atomic E-state index is 13.2. The molecule has 0 aliphatic heterocycles. The van der Waals surface area contributed by atoms with Crippen LogP contribution in [0.4, 0.5) is 0 Å². The normalized spacial score (nSPS) is 14.3. The molecule has 0 aliphatic carbocycles. The zero-order valence-corrected chi connectivity index (χ0v) is 72.2. The third kappa shape index (κ3) is 79.1. The third-order valence-electron chi connectivity index (χ3n) is 21.4. The predicted octanol–water partition coefficient (Wildman–Crippen LogP) is 27.0. The van der Waals surface area contributed by atoms with Crippen LogP contribution in [0, 0.1) is 11.8 Å². The average Bonchev–Trinajstić information content (AvgIpc) is 0.902. The zero-order valence-electron chi connectivity index (χ0n) is 70.5. The van der Waals surface area contributed by atoms with Gasteiger partial charge in [-0.15, -0.1) is 0 Å². The molecule has 19 heteroatoms. The molecule has 636 valence electrons. The van der Waals surface area contributed by atoms with Gasteiger partial charge in [-0.3, -0.25) is 37.3 Å². The van der Waals surface area contributed by atoms with Gasteiger partial charge in [0.25, 0.3) is 0 Å². The molecule has 3 N–H and O–H groups in total. The SMILES string of the molecule is CCCCCCCCCCCCCCCCCCCCCC(=O)O[C@H](COC(=O)CCCCCCCCCCCCCCCCC(C)CC)COP(=O)(O)OC[C@@H](O)COP(=O)(O)OC[C@@H](COC(=O)CCCCCCCCCCC(C)CC)OC(=O)CCCCCCCCCCCCCCCCCCCC. The second-order valence-electron chi connectivity index (χ2n) is 32.1. The summed E-state index contributed by atoms with van der Waals surface area (Å²) in [6, 6.07) is 0. The standard InChI is InChI=1S/C88H172O17P2/c1-7-11-13-15-17-19-21-23-25-27-29-31-33-39-43-47-55-61-67-72-87(92)104-83(76-98-85(90)70-64-58-52-45-41-37-35-34-36-40-44-50-56-62-68-80(5)9-3)78-102-106(94,95)100-74-82(89)75-101-107(96,97)103-79-84(77-99-86(91)71-65-59-53-49-48-51-57-63-69-81(6)10-4)105-88(93)73-66-60-54-46-42-38-32-30-28-26-24-22-20-18-16-14-12-8-2/h80-84,89H,7-79H2,1-6H3,(H,94,95)(H,96,97)/t80?,81?,82-,83-,84-/m1/s1. The molecule has 0 bridgehead atoms. The number of carbonyl (C=O) groups excluding carboxylic acids is 4. The smallest absolute Gasteiger partial charge is 0.462 e. The second kappa shape index (κ2) is 79.3. The molecule has 0 spiro atoms. The molecule has 17 nitrogen and oxygen atoms in total. The van der Waals surface area contributed by atoms with Crippen LogP contribution in [0.15, 0.2) is 0 Å². The molecule has 0 aromatic carbocycles. The topological polar surface area (TPSA) is 237 Å². The molecule has 0 aromatic heterocycles. The molecule has 7 atom stereocenters. The lowest BCUT2D eigenvalue weighted by atomic mass is 9.99.